The van der Waals surface area contributed by atoms with Gasteiger partial charge in [0.25, 0.3) is 5.91 Å². The fraction of sp³-hybridized carbons (Fsp3) is 0.267. The number of amides is 1. The van der Waals surface area contributed by atoms with Crippen molar-refractivity contribution in [3.05, 3.63) is 48.0 Å². The molecule has 3 atom stereocenters. The van der Waals surface area contributed by atoms with Crippen molar-refractivity contribution >= 4 is 17.8 Å². The van der Waals surface area contributed by atoms with Crippen LogP contribution in [-0.2, 0) is 9.59 Å². The van der Waals surface area contributed by atoms with Gasteiger partial charge >= 0.3 is 11.9 Å². The minimum absolute atomic E-state index is 0.362. The molecule has 3 unspecified atom stereocenters. The highest BCUT2D eigenvalue weighted by Crippen LogP contribution is 2.35. The fourth-order valence-corrected chi connectivity index (χ4v) is 2.66. The number of hydrogen-bond acceptors (Lipinski definition) is 3. The second-order valence-corrected chi connectivity index (χ2v) is 5.15. The predicted octanol–water partition coefficient (Wildman–Crippen LogP) is 0.854. The molecular weight excluding hydrogens is 288 g/mol. The molecule has 0 aliphatic carbocycles. The van der Waals surface area contributed by atoms with E-state index in [9.17, 15) is 19.5 Å². The lowest BCUT2D eigenvalue weighted by atomic mass is 9.78. The van der Waals surface area contributed by atoms with Gasteiger partial charge in [-0.15, -0.1) is 6.58 Å². The van der Waals surface area contributed by atoms with Gasteiger partial charge in [0, 0.05) is 12.0 Å². The van der Waals surface area contributed by atoms with Gasteiger partial charge in [0.05, 0.1) is 6.04 Å². The summed E-state index contributed by atoms with van der Waals surface area (Å²) < 4.78 is 0. The Balaban J connectivity index is 2.38. The maximum Gasteiger partial charge on any atom is 0.326 e. The van der Waals surface area contributed by atoms with Crippen molar-refractivity contribution in [3.63, 3.8) is 0 Å². The molecular formula is C15H15N2O5. The molecule has 1 aromatic carbocycles. The molecule has 22 heavy (non-hydrogen) atoms. The lowest BCUT2D eigenvalue weighted by molar-refractivity contribution is -0.154. The molecule has 0 aromatic heterocycles. The van der Waals surface area contributed by atoms with Gasteiger partial charge in [-0.05, 0) is 11.6 Å². The normalized spacial score (nSPS) is 20.4. The van der Waals surface area contributed by atoms with Gasteiger partial charge in [-0.1, -0.05) is 24.3 Å². The Morgan fingerprint density at radius 1 is 1.41 bits per heavy atom. The molecule has 1 heterocycles. The third-order valence-electron chi connectivity index (χ3n) is 3.83. The summed E-state index contributed by atoms with van der Waals surface area (Å²) in [5.41, 5.74) is 6.78. The van der Waals surface area contributed by atoms with Crippen molar-refractivity contribution in [2.24, 2.45) is 5.92 Å². The zero-order chi connectivity index (χ0) is 16.5. The summed E-state index contributed by atoms with van der Waals surface area (Å²) in [4.78, 5) is 34.6. The van der Waals surface area contributed by atoms with E-state index in [-0.39, 0.29) is 12.3 Å². The number of rotatable bonds is 6. The number of hydrogen-bond donors (Lipinski definition) is 3. The maximum absolute atomic E-state index is 11.8. The second kappa shape index (κ2) is 5.61. The first kappa shape index (κ1) is 15.7. The number of aliphatic carboxylic acids is 2. The highest BCUT2D eigenvalue weighted by molar-refractivity contribution is 5.99. The largest absolute Gasteiger partial charge is 0.481 e. The number of fused-ring (bicyclic) bond motifs is 1. The molecule has 0 saturated carbocycles. The molecule has 1 amide bonds. The highest BCUT2D eigenvalue weighted by atomic mass is 16.4. The van der Waals surface area contributed by atoms with Crippen LogP contribution in [-0.4, -0.2) is 33.6 Å². The maximum atomic E-state index is 11.8. The van der Waals surface area contributed by atoms with Gasteiger partial charge in [0.15, 0.2) is 0 Å². The molecule has 0 bridgehead atoms. The summed E-state index contributed by atoms with van der Waals surface area (Å²) in [6.45, 7) is 3.31. The van der Waals surface area contributed by atoms with Gasteiger partial charge < -0.3 is 15.5 Å². The van der Waals surface area contributed by atoms with E-state index in [1.165, 1.54) is 0 Å². The van der Waals surface area contributed by atoms with Crippen molar-refractivity contribution < 1.29 is 24.6 Å². The molecule has 0 saturated heterocycles. The number of carbonyl (C=O) groups is 3. The van der Waals surface area contributed by atoms with Crippen molar-refractivity contribution in [2.45, 2.75) is 18.0 Å². The van der Waals surface area contributed by atoms with E-state index in [1.807, 2.05) is 0 Å². The number of nitrogens with one attached hydrogen (secondary N) is 2. The molecule has 1 aliphatic rings. The second-order valence-electron chi connectivity index (χ2n) is 5.15. The average molecular weight is 303 g/mol. The third-order valence-corrected chi connectivity index (χ3v) is 3.83. The van der Waals surface area contributed by atoms with Crippen LogP contribution >= 0.6 is 0 Å². The van der Waals surface area contributed by atoms with Gasteiger partial charge in [-0.3, -0.25) is 14.4 Å². The van der Waals surface area contributed by atoms with Gasteiger partial charge in [0.2, 0.25) is 0 Å². The van der Waals surface area contributed by atoms with E-state index < -0.39 is 29.4 Å². The molecule has 4 N–H and O–H groups in total. The molecule has 7 nitrogen and oxygen atoms in total. The number of carboxylic acid groups (broad SMARTS) is 2. The minimum atomic E-state index is -2.33. The minimum Gasteiger partial charge on any atom is -0.481 e. The van der Waals surface area contributed by atoms with Crippen LogP contribution in [0.2, 0.25) is 0 Å². The van der Waals surface area contributed by atoms with Crippen LogP contribution in [0.3, 0.4) is 0 Å². The lowest BCUT2D eigenvalue weighted by Gasteiger charge is -2.30. The van der Waals surface area contributed by atoms with Crippen LogP contribution in [0.4, 0.5) is 0 Å². The Morgan fingerprint density at radius 2 is 2.05 bits per heavy atom. The fourth-order valence-electron chi connectivity index (χ4n) is 2.66. The molecule has 7 heteroatoms. The van der Waals surface area contributed by atoms with E-state index in [0.717, 1.165) is 6.08 Å². The van der Waals surface area contributed by atoms with E-state index in [4.69, 9.17) is 10.8 Å². The van der Waals surface area contributed by atoms with Gasteiger partial charge in [-0.25, -0.2) is 5.73 Å². The Hall–Kier alpha value is -2.67. The molecule has 115 valence electrons. The summed E-state index contributed by atoms with van der Waals surface area (Å²) in [6, 6.07) is 5.90. The molecule has 0 fully saturated rings. The van der Waals surface area contributed by atoms with Crippen molar-refractivity contribution in [1.82, 2.24) is 11.1 Å². The molecule has 0 spiro atoms. The van der Waals surface area contributed by atoms with Crippen LogP contribution < -0.4 is 11.1 Å². The van der Waals surface area contributed by atoms with Crippen LogP contribution in [0.25, 0.3) is 0 Å². The molecule has 1 aliphatic heterocycles. The Morgan fingerprint density at radius 3 is 2.59 bits per heavy atom. The summed E-state index contributed by atoms with van der Waals surface area (Å²) in [5.74, 6) is -4.96. The molecule has 2 rings (SSSR count). The smallest absolute Gasteiger partial charge is 0.326 e. The van der Waals surface area contributed by atoms with E-state index in [2.05, 4.69) is 11.9 Å². The number of benzene rings is 1. The summed E-state index contributed by atoms with van der Waals surface area (Å²) in [6.07, 6.45) is 0.570. The van der Waals surface area contributed by atoms with Gasteiger partial charge in [-0.2, -0.15) is 0 Å². The van der Waals surface area contributed by atoms with Gasteiger partial charge in [0.1, 0.15) is 11.5 Å². The predicted molar refractivity (Wildman–Crippen MR) is 76.1 cm³/mol. The van der Waals surface area contributed by atoms with E-state index >= 15 is 0 Å². The lowest BCUT2D eigenvalue weighted by Crippen LogP contribution is -2.51. The van der Waals surface area contributed by atoms with Crippen LogP contribution in [0.1, 0.15) is 28.4 Å². The first-order valence-corrected chi connectivity index (χ1v) is 6.55. The average Bonchev–Trinajstić information content (AvgIpc) is 2.76. The monoisotopic (exact) mass is 303 g/mol. The number of carboxylic acids is 2. The summed E-state index contributed by atoms with van der Waals surface area (Å²) >= 11 is 0. The molecule has 1 aromatic rings. The van der Waals surface area contributed by atoms with Crippen LogP contribution in [0.5, 0.6) is 0 Å². The Bertz CT molecular complexity index is 657. The van der Waals surface area contributed by atoms with Crippen molar-refractivity contribution in [2.75, 3.05) is 0 Å². The quantitative estimate of drug-likeness (QED) is 0.671. The van der Waals surface area contributed by atoms with Crippen molar-refractivity contribution in [1.29, 1.82) is 0 Å². The summed E-state index contributed by atoms with van der Waals surface area (Å²) in [5, 5.41) is 21.1. The zero-order valence-electron chi connectivity index (χ0n) is 11.6. The highest BCUT2D eigenvalue weighted by Gasteiger charge is 2.49. The molecule has 1 radical (unpaired) electrons. The van der Waals surface area contributed by atoms with Crippen LogP contribution in [0.15, 0.2) is 36.9 Å². The Kier molecular flexibility index (Phi) is 4.01. The zero-order valence-corrected chi connectivity index (χ0v) is 11.6. The Labute approximate surface area is 126 Å². The first-order chi connectivity index (χ1) is 10.3. The van der Waals surface area contributed by atoms with E-state index in [1.54, 1.807) is 24.3 Å². The number of carbonyl (C=O) groups excluding carboxylic acids is 1. The third kappa shape index (κ3) is 2.46. The first-order valence-electron chi connectivity index (χ1n) is 6.55. The van der Waals surface area contributed by atoms with E-state index in [0.29, 0.717) is 11.1 Å². The SMILES string of the molecule is C=CC(C(=O)O)C([NH])(CC1NC(=O)c2ccccc21)C(=O)O. The summed E-state index contributed by atoms with van der Waals surface area (Å²) in [7, 11) is 0. The topological polar surface area (TPSA) is 127 Å². The van der Waals surface area contributed by atoms with Crippen molar-refractivity contribution in [3.8, 4) is 0 Å². The van der Waals surface area contributed by atoms with Crippen LogP contribution in [0, 0.1) is 5.92 Å². The standard InChI is InChI=1S/C15H15N2O5/c1-2-10(13(19)20)15(16,14(21)22)7-11-8-5-3-4-6-9(8)12(18)17-11/h2-6,10-11,16H,1,7H2,(H,17,18)(H,19,20)(H,21,22).